The van der Waals surface area contributed by atoms with E-state index in [1.165, 1.54) is 0 Å². The Morgan fingerprint density at radius 3 is 2.65 bits per heavy atom. The van der Waals surface area contributed by atoms with E-state index in [-0.39, 0.29) is 0 Å². The van der Waals surface area contributed by atoms with Gasteiger partial charge in [0, 0.05) is 16.4 Å². The van der Waals surface area contributed by atoms with E-state index in [9.17, 15) is 0 Å². The molecular weight excluding hydrogens is 346 g/mol. The summed E-state index contributed by atoms with van der Waals surface area (Å²) in [6, 6.07) is 5.99. The van der Waals surface area contributed by atoms with Gasteiger partial charge in [-0.05, 0) is 40.5 Å². The Hall–Kier alpha value is -1.07. The first kappa shape index (κ1) is 12.4. The second kappa shape index (κ2) is 5.06. The summed E-state index contributed by atoms with van der Waals surface area (Å²) in [7, 11) is 0. The number of rotatable bonds is 2. The smallest absolute Gasteiger partial charge is 0.0794 e. The second-order valence-electron chi connectivity index (χ2n) is 3.62. The molecule has 0 aliphatic heterocycles. The Balaban J connectivity index is 2.42. The molecular formula is C12H11Br2N3. The predicted molar refractivity (Wildman–Crippen MR) is 78.5 cm³/mol. The van der Waals surface area contributed by atoms with Crippen LogP contribution in [-0.2, 0) is 0 Å². The van der Waals surface area contributed by atoms with Gasteiger partial charge in [-0.3, -0.25) is 4.98 Å². The standard InChI is InChI=1S/C12H11Br2N3/c1-7-8(13)3-2-4-11(7)17-12-9(14)5-16-6-10(12)15/h2-6H,15H2,1H3,(H,16,17). The number of nitrogens with one attached hydrogen (secondary N) is 1. The van der Waals surface area contributed by atoms with Crippen LogP contribution in [0.2, 0.25) is 0 Å². The van der Waals surface area contributed by atoms with E-state index in [2.05, 4.69) is 42.2 Å². The number of nitrogen functional groups attached to an aromatic ring is 1. The lowest BCUT2D eigenvalue weighted by Crippen LogP contribution is -1.99. The highest BCUT2D eigenvalue weighted by Crippen LogP contribution is 2.33. The van der Waals surface area contributed by atoms with E-state index in [1.54, 1.807) is 12.4 Å². The molecule has 0 saturated carbocycles. The zero-order valence-corrected chi connectivity index (χ0v) is 12.3. The summed E-state index contributed by atoms with van der Waals surface area (Å²) < 4.78 is 1.91. The van der Waals surface area contributed by atoms with Gasteiger partial charge in [-0.25, -0.2) is 0 Å². The Morgan fingerprint density at radius 1 is 1.18 bits per heavy atom. The molecule has 5 heteroatoms. The number of nitrogens with two attached hydrogens (primary N) is 1. The predicted octanol–water partition coefficient (Wildman–Crippen LogP) is 4.24. The zero-order chi connectivity index (χ0) is 12.4. The van der Waals surface area contributed by atoms with Crippen molar-refractivity contribution in [1.29, 1.82) is 0 Å². The van der Waals surface area contributed by atoms with Crippen molar-refractivity contribution in [1.82, 2.24) is 4.98 Å². The van der Waals surface area contributed by atoms with Crippen molar-refractivity contribution in [2.24, 2.45) is 0 Å². The second-order valence-corrected chi connectivity index (χ2v) is 5.33. The number of hydrogen-bond donors (Lipinski definition) is 2. The van der Waals surface area contributed by atoms with E-state index < -0.39 is 0 Å². The zero-order valence-electron chi connectivity index (χ0n) is 9.17. The molecule has 0 atom stereocenters. The number of nitrogens with zero attached hydrogens (tertiary/aromatic N) is 1. The molecule has 1 heterocycles. The van der Waals surface area contributed by atoms with E-state index in [4.69, 9.17) is 5.73 Å². The highest BCUT2D eigenvalue weighted by atomic mass is 79.9. The molecule has 0 saturated heterocycles. The van der Waals surface area contributed by atoms with Crippen LogP contribution in [0.1, 0.15) is 5.56 Å². The third-order valence-corrected chi connectivity index (χ3v) is 3.92. The Morgan fingerprint density at radius 2 is 1.94 bits per heavy atom. The van der Waals surface area contributed by atoms with Gasteiger partial charge >= 0.3 is 0 Å². The molecule has 0 fully saturated rings. The summed E-state index contributed by atoms with van der Waals surface area (Å²) in [5, 5.41) is 3.31. The summed E-state index contributed by atoms with van der Waals surface area (Å²) in [6.07, 6.45) is 3.34. The first-order valence-electron chi connectivity index (χ1n) is 5.00. The summed E-state index contributed by atoms with van der Waals surface area (Å²) >= 11 is 6.93. The van der Waals surface area contributed by atoms with Crippen LogP contribution in [0, 0.1) is 6.92 Å². The number of halogens is 2. The minimum absolute atomic E-state index is 0.610. The van der Waals surface area contributed by atoms with Gasteiger partial charge in [0.25, 0.3) is 0 Å². The van der Waals surface area contributed by atoms with Crippen LogP contribution >= 0.6 is 31.9 Å². The van der Waals surface area contributed by atoms with Crippen LogP contribution < -0.4 is 11.1 Å². The molecule has 0 aliphatic carbocycles. The van der Waals surface area contributed by atoms with Crippen molar-refractivity contribution in [2.75, 3.05) is 11.1 Å². The molecule has 0 bridgehead atoms. The van der Waals surface area contributed by atoms with E-state index in [0.717, 1.165) is 25.9 Å². The molecule has 3 nitrogen and oxygen atoms in total. The first-order chi connectivity index (χ1) is 8.09. The summed E-state index contributed by atoms with van der Waals surface area (Å²) in [5.74, 6) is 0. The van der Waals surface area contributed by atoms with Gasteiger partial charge in [0.2, 0.25) is 0 Å². The fraction of sp³-hybridized carbons (Fsp3) is 0.0833. The topological polar surface area (TPSA) is 50.9 Å². The Bertz CT molecular complexity index is 535. The third kappa shape index (κ3) is 2.61. The number of anilines is 3. The summed E-state index contributed by atoms with van der Waals surface area (Å²) in [4.78, 5) is 4.00. The van der Waals surface area contributed by atoms with Crippen LogP contribution in [0.15, 0.2) is 39.5 Å². The largest absolute Gasteiger partial charge is 0.396 e. The molecule has 2 rings (SSSR count). The Kier molecular flexibility index (Phi) is 3.69. The van der Waals surface area contributed by atoms with Gasteiger partial charge in [0.1, 0.15) is 0 Å². The van der Waals surface area contributed by atoms with Crippen LogP contribution in [0.25, 0.3) is 0 Å². The number of aromatic nitrogens is 1. The molecule has 0 spiro atoms. The average Bonchev–Trinajstić information content (AvgIpc) is 2.29. The molecule has 2 aromatic rings. The highest BCUT2D eigenvalue weighted by Gasteiger charge is 2.07. The van der Waals surface area contributed by atoms with Crippen LogP contribution in [-0.4, -0.2) is 4.98 Å². The van der Waals surface area contributed by atoms with Crippen LogP contribution in [0.5, 0.6) is 0 Å². The Labute approximate surface area is 117 Å². The van der Waals surface area contributed by atoms with Gasteiger partial charge in [0.15, 0.2) is 0 Å². The lowest BCUT2D eigenvalue weighted by Gasteiger charge is -2.13. The number of pyridine rings is 1. The minimum Gasteiger partial charge on any atom is -0.396 e. The SMILES string of the molecule is Cc1c(Br)cccc1Nc1c(N)cncc1Br. The first-order valence-corrected chi connectivity index (χ1v) is 6.59. The highest BCUT2D eigenvalue weighted by molar-refractivity contribution is 9.11. The van der Waals surface area contributed by atoms with Gasteiger partial charge < -0.3 is 11.1 Å². The van der Waals surface area contributed by atoms with Crippen molar-refractivity contribution < 1.29 is 0 Å². The third-order valence-electron chi connectivity index (χ3n) is 2.46. The van der Waals surface area contributed by atoms with Crippen molar-refractivity contribution in [3.8, 4) is 0 Å². The molecule has 1 aromatic carbocycles. The molecule has 0 amide bonds. The average molecular weight is 357 g/mol. The molecule has 1 aromatic heterocycles. The van der Waals surface area contributed by atoms with E-state index in [1.807, 2.05) is 25.1 Å². The van der Waals surface area contributed by atoms with Crippen molar-refractivity contribution >= 4 is 48.9 Å². The van der Waals surface area contributed by atoms with Crippen molar-refractivity contribution in [2.45, 2.75) is 6.92 Å². The minimum atomic E-state index is 0.610. The molecule has 0 unspecified atom stereocenters. The van der Waals surface area contributed by atoms with E-state index in [0.29, 0.717) is 5.69 Å². The summed E-state index contributed by atoms with van der Waals surface area (Å²) in [6.45, 7) is 2.04. The normalized spacial score (nSPS) is 10.3. The number of benzene rings is 1. The number of hydrogen-bond acceptors (Lipinski definition) is 3. The van der Waals surface area contributed by atoms with Crippen molar-refractivity contribution in [3.05, 3.63) is 45.1 Å². The molecule has 3 N–H and O–H groups in total. The lowest BCUT2D eigenvalue weighted by atomic mass is 10.2. The van der Waals surface area contributed by atoms with E-state index >= 15 is 0 Å². The maximum atomic E-state index is 5.89. The monoisotopic (exact) mass is 355 g/mol. The van der Waals surface area contributed by atoms with Crippen LogP contribution in [0.3, 0.4) is 0 Å². The molecule has 17 heavy (non-hydrogen) atoms. The van der Waals surface area contributed by atoms with Crippen molar-refractivity contribution in [3.63, 3.8) is 0 Å². The summed E-state index contributed by atoms with van der Waals surface area (Å²) in [5.41, 5.74) is 9.48. The fourth-order valence-corrected chi connectivity index (χ4v) is 2.27. The van der Waals surface area contributed by atoms with Gasteiger partial charge in [-0.2, -0.15) is 0 Å². The quantitative estimate of drug-likeness (QED) is 0.846. The van der Waals surface area contributed by atoms with Gasteiger partial charge in [-0.1, -0.05) is 22.0 Å². The molecule has 88 valence electrons. The maximum Gasteiger partial charge on any atom is 0.0794 e. The lowest BCUT2D eigenvalue weighted by molar-refractivity contribution is 1.30. The maximum absolute atomic E-state index is 5.89. The molecule has 0 aliphatic rings. The molecule has 0 radical (unpaired) electrons. The van der Waals surface area contributed by atoms with Crippen LogP contribution in [0.4, 0.5) is 17.1 Å². The van der Waals surface area contributed by atoms with Gasteiger partial charge in [-0.15, -0.1) is 0 Å². The van der Waals surface area contributed by atoms with Gasteiger partial charge in [0.05, 0.1) is 22.0 Å². The fourth-order valence-electron chi connectivity index (χ4n) is 1.46.